The monoisotopic (exact) mass is 484 g/mol. The first-order valence-electron chi connectivity index (χ1n) is 9.90. The van der Waals surface area contributed by atoms with Gasteiger partial charge in [0.2, 0.25) is 0 Å². The van der Waals surface area contributed by atoms with Gasteiger partial charge in [-0.2, -0.15) is 0 Å². The van der Waals surface area contributed by atoms with Crippen LogP contribution in [0.15, 0.2) is 0 Å². The van der Waals surface area contributed by atoms with Gasteiger partial charge in [-0.25, -0.2) is 4.79 Å². The lowest BCUT2D eigenvalue weighted by molar-refractivity contribution is -0.170. The number of aliphatic hydroxyl groups is 1. The Balaban J connectivity index is -0.000000415. The molecule has 14 N–H and O–H groups in total. The van der Waals surface area contributed by atoms with Crippen LogP contribution in [0, 0.1) is 0 Å². The molecule has 0 radical (unpaired) electrons. The third-order valence-electron chi connectivity index (χ3n) is 3.86. The van der Waals surface area contributed by atoms with Gasteiger partial charge in [0.1, 0.15) is 12.1 Å². The molecule has 0 aromatic rings. The van der Waals surface area contributed by atoms with Crippen molar-refractivity contribution in [1.29, 1.82) is 0 Å². The van der Waals surface area contributed by atoms with Crippen molar-refractivity contribution in [3.8, 4) is 0 Å². The molecule has 0 aliphatic rings. The van der Waals surface area contributed by atoms with E-state index >= 15 is 0 Å². The normalized spacial score (nSPS) is 12.2. The van der Waals surface area contributed by atoms with E-state index in [4.69, 9.17) is 53.6 Å². The lowest BCUT2D eigenvalue weighted by Gasteiger charge is -2.18. The maximum absolute atomic E-state index is 10.3. The maximum atomic E-state index is 10.3. The van der Waals surface area contributed by atoms with Crippen molar-refractivity contribution in [3.63, 3.8) is 0 Å². The van der Waals surface area contributed by atoms with Gasteiger partial charge in [0.05, 0.1) is 12.8 Å². The van der Waals surface area contributed by atoms with Gasteiger partial charge in [-0.1, -0.05) is 12.8 Å². The molecular formula is C18H36N4O11. The molecule has 0 aliphatic heterocycles. The zero-order valence-electron chi connectivity index (χ0n) is 18.3. The highest BCUT2D eigenvalue weighted by atomic mass is 16.4. The molecule has 33 heavy (non-hydrogen) atoms. The van der Waals surface area contributed by atoms with Crippen LogP contribution >= 0.6 is 0 Å². The average Bonchev–Trinajstić information content (AvgIpc) is 2.67. The number of hydrogen-bond donors (Lipinski definition) is 10. The largest absolute Gasteiger partial charge is 0.481 e. The molecular weight excluding hydrogens is 448 g/mol. The molecule has 0 fully saturated rings. The van der Waals surface area contributed by atoms with Crippen LogP contribution in [-0.4, -0.2) is 91.3 Å². The maximum Gasteiger partial charge on any atom is 0.336 e. The zero-order valence-corrected chi connectivity index (χ0v) is 18.3. The smallest absolute Gasteiger partial charge is 0.336 e. The second-order valence-electron chi connectivity index (χ2n) is 6.94. The van der Waals surface area contributed by atoms with Crippen molar-refractivity contribution < 1.29 is 54.6 Å². The Hall–Kier alpha value is -2.85. The Bertz CT molecular complexity index is 574. The number of carboxylic acids is 5. The van der Waals surface area contributed by atoms with E-state index in [-0.39, 0.29) is 0 Å². The highest BCUT2D eigenvalue weighted by molar-refractivity contribution is 5.88. The topological polar surface area (TPSA) is 311 Å². The molecule has 15 nitrogen and oxygen atoms in total. The summed E-state index contributed by atoms with van der Waals surface area (Å²) in [6.45, 7) is 1.21. The van der Waals surface area contributed by atoms with Gasteiger partial charge in [0.15, 0.2) is 5.60 Å². The van der Waals surface area contributed by atoms with E-state index in [1.54, 1.807) is 0 Å². The minimum atomic E-state index is -2.74. The third-order valence-corrected chi connectivity index (χ3v) is 3.86. The van der Waals surface area contributed by atoms with Crippen molar-refractivity contribution in [1.82, 2.24) is 0 Å². The summed E-state index contributed by atoms with van der Waals surface area (Å²) in [4.78, 5) is 50.8. The number of nitrogens with two attached hydrogens (primary N) is 4. The minimum absolute atomic E-state index is 0.520. The van der Waals surface area contributed by atoms with Gasteiger partial charge in [0, 0.05) is 0 Å². The molecule has 0 aliphatic carbocycles. The van der Waals surface area contributed by atoms with Crippen molar-refractivity contribution >= 4 is 29.8 Å². The Morgan fingerprint density at radius 1 is 0.636 bits per heavy atom. The summed E-state index contributed by atoms with van der Waals surface area (Å²) in [6.07, 6.45) is 2.04. The van der Waals surface area contributed by atoms with E-state index in [9.17, 15) is 24.0 Å². The number of carbonyl (C=O) groups is 5. The quantitative estimate of drug-likeness (QED) is 0.110. The van der Waals surface area contributed by atoms with E-state index < -0.39 is 60.4 Å². The molecule has 0 aromatic heterocycles. The van der Waals surface area contributed by atoms with Crippen LogP contribution in [0.25, 0.3) is 0 Å². The molecule has 0 aromatic carbocycles. The van der Waals surface area contributed by atoms with Crippen LogP contribution in [-0.2, 0) is 24.0 Å². The van der Waals surface area contributed by atoms with Gasteiger partial charge in [-0.05, 0) is 38.8 Å². The second kappa shape index (κ2) is 19.8. The van der Waals surface area contributed by atoms with Crippen LogP contribution in [0.1, 0.15) is 51.4 Å². The first-order chi connectivity index (χ1) is 15.1. The standard InChI is InChI=1S/2C6H14N2O2.C6H8O7/c2*7-4-2-1-3-5(8)6(9)10;7-3(8)1-6(13,5(11)12)2-4(9)10/h2*5H,1-4,7-8H2,(H,9,10);13H,1-2H2,(H,7,8)(H,9,10)(H,11,12)/t2*5-;/m00./s1. The summed E-state index contributed by atoms with van der Waals surface area (Å²) < 4.78 is 0. The van der Waals surface area contributed by atoms with Crippen LogP contribution in [0.3, 0.4) is 0 Å². The van der Waals surface area contributed by atoms with Crippen LogP contribution < -0.4 is 22.9 Å². The number of hydrogen-bond acceptors (Lipinski definition) is 10. The Morgan fingerprint density at radius 3 is 1.12 bits per heavy atom. The van der Waals surface area contributed by atoms with Crippen molar-refractivity contribution in [2.24, 2.45) is 22.9 Å². The minimum Gasteiger partial charge on any atom is -0.481 e. The highest BCUT2D eigenvalue weighted by Gasteiger charge is 2.40. The number of unbranched alkanes of at least 4 members (excludes halogenated alkanes) is 2. The molecule has 0 saturated carbocycles. The molecule has 0 spiro atoms. The molecule has 0 rings (SSSR count). The van der Waals surface area contributed by atoms with Gasteiger partial charge < -0.3 is 53.6 Å². The summed E-state index contributed by atoms with van der Waals surface area (Å²) in [5, 5.41) is 50.5. The Kier molecular flexibility index (Phi) is 20.9. The van der Waals surface area contributed by atoms with E-state index in [0.717, 1.165) is 25.7 Å². The summed E-state index contributed by atoms with van der Waals surface area (Å²) in [6, 6.07) is -1.43. The summed E-state index contributed by atoms with van der Waals surface area (Å²) in [7, 11) is 0. The summed E-state index contributed by atoms with van der Waals surface area (Å²) in [5.74, 6) is -6.89. The van der Waals surface area contributed by atoms with Crippen molar-refractivity contribution in [3.05, 3.63) is 0 Å². The predicted octanol–water partition coefficient (Wildman–Crippen LogP) is -2.19. The molecule has 0 saturated heterocycles. The number of aliphatic carboxylic acids is 5. The Morgan fingerprint density at radius 2 is 0.939 bits per heavy atom. The average molecular weight is 485 g/mol. The van der Waals surface area contributed by atoms with E-state index in [1.165, 1.54) is 0 Å². The molecule has 0 heterocycles. The van der Waals surface area contributed by atoms with Gasteiger partial charge in [0.25, 0.3) is 0 Å². The number of rotatable bonds is 15. The van der Waals surface area contributed by atoms with Crippen molar-refractivity contribution in [2.75, 3.05) is 13.1 Å². The van der Waals surface area contributed by atoms with E-state index in [1.807, 2.05) is 0 Å². The van der Waals surface area contributed by atoms with Gasteiger partial charge in [-0.3, -0.25) is 19.2 Å². The summed E-state index contributed by atoms with van der Waals surface area (Å²) >= 11 is 0. The molecule has 15 heteroatoms. The molecule has 0 amide bonds. The Labute approximate surface area is 190 Å². The first-order valence-corrected chi connectivity index (χ1v) is 9.90. The fourth-order valence-electron chi connectivity index (χ4n) is 1.98. The van der Waals surface area contributed by atoms with Crippen LogP contribution in [0.4, 0.5) is 0 Å². The van der Waals surface area contributed by atoms with Crippen LogP contribution in [0.5, 0.6) is 0 Å². The molecule has 194 valence electrons. The van der Waals surface area contributed by atoms with Crippen molar-refractivity contribution in [2.45, 2.75) is 69.1 Å². The third kappa shape index (κ3) is 22.1. The fourth-order valence-corrected chi connectivity index (χ4v) is 1.98. The van der Waals surface area contributed by atoms with Gasteiger partial charge in [-0.15, -0.1) is 0 Å². The number of carboxylic acid groups (broad SMARTS) is 5. The SMILES string of the molecule is NCCCC[C@H](N)C(=O)O.NCCCC[C@H](N)C(=O)O.O=C(O)CC(O)(CC(=O)O)C(=O)O. The fraction of sp³-hybridized carbons (Fsp3) is 0.722. The summed E-state index contributed by atoms with van der Waals surface area (Å²) in [5.41, 5.74) is 18.1. The second-order valence-corrected chi connectivity index (χ2v) is 6.94. The van der Waals surface area contributed by atoms with Crippen LogP contribution in [0.2, 0.25) is 0 Å². The lowest BCUT2D eigenvalue weighted by atomic mass is 9.96. The predicted molar refractivity (Wildman–Crippen MR) is 114 cm³/mol. The zero-order chi connectivity index (χ0) is 26.6. The van der Waals surface area contributed by atoms with E-state index in [2.05, 4.69) is 0 Å². The molecule has 0 unspecified atom stereocenters. The molecule has 0 bridgehead atoms. The highest BCUT2D eigenvalue weighted by Crippen LogP contribution is 2.15. The molecule has 2 atom stereocenters. The van der Waals surface area contributed by atoms with Gasteiger partial charge >= 0.3 is 29.8 Å². The van der Waals surface area contributed by atoms with E-state index in [0.29, 0.717) is 25.9 Å². The first kappa shape index (κ1) is 34.8. The lowest BCUT2D eigenvalue weighted by Crippen LogP contribution is -2.42.